The third-order valence-electron chi connectivity index (χ3n) is 13.9. The Morgan fingerprint density at radius 3 is 1.86 bits per heavy atom. The van der Waals surface area contributed by atoms with Gasteiger partial charge in [-0.15, -0.1) is 0 Å². The summed E-state index contributed by atoms with van der Waals surface area (Å²) in [7, 11) is 0.384. The van der Waals surface area contributed by atoms with Gasteiger partial charge in [-0.25, -0.2) is 39.1 Å². The van der Waals surface area contributed by atoms with Gasteiger partial charge in [0.25, 0.3) is 0 Å². The third kappa shape index (κ3) is 8.99. The predicted molar refractivity (Wildman–Crippen MR) is 260 cm³/mol. The number of anilines is 2. The van der Waals surface area contributed by atoms with Crippen LogP contribution in [0.2, 0.25) is 0 Å². The van der Waals surface area contributed by atoms with Gasteiger partial charge in [0.15, 0.2) is 29.2 Å². The molecule has 7 heterocycles. The van der Waals surface area contributed by atoms with Crippen molar-refractivity contribution in [2.75, 3.05) is 46.0 Å². The number of hydrogen-bond acceptors (Lipinski definition) is 18. The number of benzene rings is 3. The Bertz CT molecular complexity index is 2930. The Balaban J connectivity index is 1.02. The molecular weight excluding hydrogens is 934 g/mol. The first-order valence-electron chi connectivity index (χ1n) is 23.5. The SMILES string of the molecule is COc1ccc(C(OC[C@H]2O[C@@H](n3cnc4c(N)ncnc43)C[C@@H]2OP(=O)(OC[C@H]2O[C@@H](n3cnc4c(N)ncnc43)[C@H](OC)[C@@H]2O)N2[C@H](C)CCC[C@@H]2C)(c2ccccc2)c2ccc(OC)cc2)cc1. The van der Waals surface area contributed by atoms with Gasteiger partial charge in [0.05, 0.1) is 40.1 Å². The van der Waals surface area contributed by atoms with E-state index >= 15 is 4.57 Å². The number of nitrogens with two attached hydrogens (primary N) is 2. The maximum Gasteiger partial charge on any atom is 0.409 e. The van der Waals surface area contributed by atoms with Gasteiger partial charge in [0.2, 0.25) is 0 Å². The standard InChI is InChI=1S/C49H58N11O10P/c1-29-10-9-11-30(2)60(29)71(62,67-24-38-42(61)43(65-5)48(69-38)59-28-57-41-45(51)53-26-55-47(41)59)70-36-22-39(58-27-56-40-44(50)52-25-54-46(40)58)68-37(36)23-66-49(31-12-7-6-8-13-31,32-14-18-34(63-3)19-15-32)33-16-20-35(64-4)21-17-33/h6-8,12-21,25-30,36-39,42-43,48,61H,9-11,22-24H2,1-5H3,(H2,50,52,54)(H2,51,53,55)/t29-,30+,36-,37+,38+,39+,42+,43+,48+,71?/m0/s1. The van der Waals surface area contributed by atoms with Gasteiger partial charge in [0.1, 0.15) is 77.5 Å². The highest BCUT2D eigenvalue weighted by molar-refractivity contribution is 7.51. The molecule has 3 saturated heterocycles. The molecule has 3 aliphatic rings. The number of ether oxygens (including phenoxy) is 6. The lowest BCUT2D eigenvalue weighted by atomic mass is 9.80. The van der Waals surface area contributed by atoms with Crippen LogP contribution in [-0.4, -0.2) is 126 Å². The molecule has 22 heteroatoms. The lowest BCUT2D eigenvalue weighted by Gasteiger charge is -2.43. The molecule has 1 unspecified atom stereocenters. The van der Waals surface area contributed by atoms with E-state index in [9.17, 15) is 5.11 Å². The van der Waals surface area contributed by atoms with Crippen LogP contribution in [0.15, 0.2) is 104 Å². The molecule has 3 aromatic carbocycles. The highest BCUT2D eigenvalue weighted by Gasteiger charge is 2.52. The van der Waals surface area contributed by atoms with Gasteiger partial charge in [0, 0.05) is 25.6 Å². The molecule has 0 aliphatic carbocycles. The van der Waals surface area contributed by atoms with Gasteiger partial charge in [-0.05, 0) is 67.6 Å². The quantitative estimate of drug-likeness (QED) is 0.0679. The summed E-state index contributed by atoms with van der Waals surface area (Å²) in [4.78, 5) is 26.0. The van der Waals surface area contributed by atoms with E-state index in [4.69, 9.17) is 48.9 Å². The largest absolute Gasteiger partial charge is 0.497 e. The summed E-state index contributed by atoms with van der Waals surface area (Å²) in [5.74, 6) is 1.75. The van der Waals surface area contributed by atoms with Crippen molar-refractivity contribution in [3.05, 3.63) is 121 Å². The number of aliphatic hydroxyl groups is 1. The molecule has 4 aromatic heterocycles. The maximum atomic E-state index is 16.2. The van der Waals surface area contributed by atoms with E-state index in [1.165, 1.54) is 26.1 Å². The Labute approximate surface area is 409 Å². The zero-order valence-electron chi connectivity index (χ0n) is 40.0. The van der Waals surface area contributed by atoms with E-state index in [-0.39, 0.29) is 43.4 Å². The molecule has 0 spiro atoms. The molecule has 7 aromatic rings. The van der Waals surface area contributed by atoms with E-state index < -0.39 is 56.3 Å². The summed E-state index contributed by atoms with van der Waals surface area (Å²) < 4.78 is 72.9. The van der Waals surface area contributed by atoms with Crippen LogP contribution in [0.4, 0.5) is 11.6 Å². The number of aliphatic hydroxyl groups excluding tert-OH is 1. The first kappa shape index (κ1) is 48.5. The summed E-state index contributed by atoms with van der Waals surface area (Å²) in [6.45, 7) is 3.62. The summed E-state index contributed by atoms with van der Waals surface area (Å²) in [6.07, 6.45) is 1.83. The Morgan fingerprint density at radius 1 is 0.718 bits per heavy atom. The number of fused-ring (bicyclic) bond motifs is 2. The molecule has 0 bridgehead atoms. The number of methoxy groups -OCH3 is 3. The number of nitrogen functional groups attached to an aromatic ring is 2. The number of piperidine rings is 1. The topological polar surface area (TPSA) is 254 Å². The monoisotopic (exact) mass is 991 g/mol. The first-order valence-corrected chi connectivity index (χ1v) is 25.0. The fourth-order valence-corrected chi connectivity index (χ4v) is 12.7. The van der Waals surface area contributed by atoms with Crippen LogP contribution in [0.5, 0.6) is 11.5 Å². The van der Waals surface area contributed by atoms with Crippen molar-refractivity contribution in [2.45, 2.75) is 100 Å². The second-order valence-electron chi connectivity index (χ2n) is 18.0. The molecule has 21 nitrogen and oxygen atoms in total. The molecule has 374 valence electrons. The Kier molecular flexibility index (Phi) is 13.8. The van der Waals surface area contributed by atoms with Crippen molar-refractivity contribution in [3.63, 3.8) is 0 Å². The summed E-state index contributed by atoms with van der Waals surface area (Å²) in [5.41, 5.74) is 15.2. The number of hydrogen-bond donors (Lipinski definition) is 3. The highest BCUT2D eigenvalue weighted by atomic mass is 31.2. The van der Waals surface area contributed by atoms with E-state index in [0.717, 1.165) is 36.0 Å². The molecule has 3 fully saturated rings. The van der Waals surface area contributed by atoms with Crippen LogP contribution in [0, 0.1) is 0 Å². The predicted octanol–water partition coefficient (Wildman–Crippen LogP) is 6.19. The van der Waals surface area contributed by atoms with Crippen LogP contribution in [0.25, 0.3) is 22.3 Å². The normalized spacial score (nSPS) is 26.0. The van der Waals surface area contributed by atoms with E-state index in [1.54, 1.807) is 29.7 Å². The number of imidazole rings is 2. The van der Waals surface area contributed by atoms with Crippen molar-refractivity contribution in [1.82, 2.24) is 43.7 Å². The zero-order chi connectivity index (χ0) is 49.4. The second kappa shape index (κ2) is 20.2. The third-order valence-corrected chi connectivity index (χ3v) is 16.2. The van der Waals surface area contributed by atoms with Crippen LogP contribution in [-0.2, 0) is 38.2 Å². The van der Waals surface area contributed by atoms with E-state index in [1.807, 2.05) is 97.4 Å². The van der Waals surface area contributed by atoms with Crippen LogP contribution in [0.3, 0.4) is 0 Å². The molecule has 0 radical (unpaired) electrons. The molecule has 0 saturated carbocycles. The van der Waals surface area contributed by atoms with Gasteiger partial charge in [-0.2, -0.15) is 0 Å². The summed E-state index contributed by atoms with van der Waals surface area (Å²) in [5, 5.41) is 11.8. The molecule has 10 atom stereocenters. The van der Waals surface area contributed by atoms with Crippen LogP contribution >= 0.6 is 7.75 Å². The Morgan fingerprint density at radius 2 is 1.28 bits per heavy atom. The lowest BCUT2D eigenvalue weighted by molar-refractivity contribution is -0.0942. The maximum absolute atomic E-state index is 16.2. The number of aromatic nitrogens is 8. The van der Waals surface area contributed by atoms with Crippen LogP contribution in [0.1, 0.15) is 68.7 Å². The first-order chi connectivity index (χ1) is 34.5. The van der Waals surface area contributed by atoms with Crippen molar-refractivity contribution in [3.8, 4) is 11.5 Å². The molecular formula is C49H58N11O10P. The molecule has 3 aliphatic heterocycles. The lowest BCUT2D eigenvalue weighted by Crippen LogP contribution is -2.44. The summed E-state index contributed by atoms with van der Waals surface area (Å²) in [6, 6.07) is 25.0. The smallest absolute Gasteiger partial charge is 0.409 e. The van der Waals surface area contributed by atoms with E-state index in [2.05, 4.69) is 29.9 Å². The minimum atomic E-state index is -4.33. The number of rotatable bonds is 17. The minimum Gasteiger partial charge on any atom is -0.497 e. The Hall–Kier alpha value is -6.13. The number of nitrogens with zero attached hydrogens (tertiary/aromatic N) is 9. The van der Waals surface area contributed by atoms with Crippen molar-refractivity contribution >= 4 is 41.7 Å². The fourth-order valence-electron chi connectivity index (χ4n) is 10.3. The minimum absolute atomic E-state index is 0.0719. The average molecular weight is 992 g/mol. The molecule has 71 heavy (non-hydrogen) atoms. The molecule has 0 amide bonds. The van der Waals surface area contributed by atoms with Gasteiger partial charge in [-0.3, -0.25) is 18.2 Å². The molecule has 5 N–H and O–H groups in total. The zero-order valence-corrected chi connectivity index (χ0v) is 40.9. The average Bonchev–Trinajstić information content (AvgIpc) is 4.19. The van der Waals surface area contributed by atoms with Gasteiger partial charge in [-0.1, -0.05) is 61.0 Å². The van der Waals surface area contributed by atoms with Gasteiger partial charge < -0.3 is 45.0 Å². The highest BCUT2D eigenvalue weighted by Crippen LogP contribution is 2.60. The fraction of sp³-hybridized carbons (Fsp3) is 0.429. The molecule has 10 rings (SSSR count). The van der Waals surface area contributed by atoms with Gasteiger partial charge >= 0.3 is 7.75 Å². The summed E-state index contributed by atoms with van der Waals surface area (Å²) >= 11 is 0. The second-order valence-corrected chi connectivity index (χ2v) is 19.9. The van der Waals surface area contributed by atoms with Crippen molar-refractivity contribution in [2.24, 2.45) is 0 Å². The van der Waals surface area contributed by atoms with E-state index in [0.29, 0.717) is 33.8 Å². The van der Waals surface area contributed by atoms with Crippen molar-refractivity contribution in [1.29, 1.82) is 0 Å². The van der Waals surface area contributed by atoms with Crippen molar-refractivity contribution < 1.29 is 47.1 Å². The van der Waals surface area contributed by atoms with Crippen LogP contribution < -0.4 is 20.9 Å².